The quantitative estimate of drug-likeness (QED) is 0.375. The van der Waals surface area contributed by atoms with Crippen LogP contribution in [0.15, 0.2) is 34.7 Å². The van der Waals surface area contributed by atoms with E-state index in [1.165, 1.54) is 18.2 Å². The Hall–Kier alpha value is -2.62. The lowest BCUT2D eigenvalue weighted by atomic mass is 10.3. The first-order valence-corrected chi connectivity index (χ1v) is 9.64. The Labute approximate surface area is 172 Å². The van der Waals surface area contributed by atoms with Gasteiger partial charge in [0.15, 0.2) is 5.76 Å². The van der Waals surface area contributed by atoms with Crippen molar-refractivity contribution < 1.29 is 23.6 Å². The number of nitro groups is 1. The number of hydrogen-bond acceptors (Lipinski definition) is 7. The van der Waals surface area contributed by atoms with Crippen LogP contribution < -0.4 is 10.1 Å². The van der Waals surface area contributed by atoms with Crippen molar-refractivity contribution in [3.63, 3.8) is 0 Å². The molecule has 0 aliphatic carbocycles. The number of hydrogen-bond donors (Lipinski definition) is 1. The van der Waals surface area contributed by atoms with Gasteiger partial charge in [0.25, 0.3) is 11.6 Å². The molecule has 1 aliphatic rings. The van der Waals surface area contributed by atoms with Gasteiger partial charge < -0.3 is 19.2 Å². The van der Waals surface area contributed by atoms with E-state index >= 15 is 0 Å². The summed E-state index contributed by atoms with van der Waals surface area (Å²) in [5.41, 5.74) is -0.124. The van der Waals surface area contributed by atoms with Crippen molar-refractivity contribution in [2.75, 3.05) is 39.4 Å². The largest absolute Gasteiger partial charge is 0.484 e. The molecule has 0 saturated carbocycles. The summed E-state index contributed by atoms with van der Waals surface area (Å²) in [6, 6.07) is 7.11. The molecular formula is C19H22ClN3O6. The molecular weight excluding hydrogens is 402 g/mol. The van der Waals surface area contributed by atoms with Gasteiger partial charge in [-0.2, -0.15) is 0 Å². The third-order valence-corrected chi connectivity index (χ3v) is 4.73. The molecule has 156 valence electrons. The highest BCUT2D eigenvalue weighted by Gasteiger charge is 2.14. The molecule has 0 radical (unpaired) electrons. The average Bonchev–Trinajstić information content (AvgIpc) is 3.20. The number of morpholine rings is 1. The van der Waals surface area contributed by atoms with Gasteiger partial charge in [0.2, 0.25) is 0 Å². The van der Waals surface area contributed by atoms with Gasteiger partial charge in [0, 0.05) is 25.7 Å². The topological polar surface area (TPSA) is 107 Å². The Kier molecular flexibility index (Phi) is 7.45. The second-order valence-corrected chi connectivity index (χ2v) is 6.90. The lowest BCUT2D eigenvalue weighted by Gasteiger charge is -2.26. The Morgan fingerprint density at radius 2 is 2.07 bits per heavy atom. The van der Waals surface area contributed by atoms with Crippen molar-refractivity contribution in [3.05, 3.63) is 57.0 Å². The predicted molar refractivity (Wildman–Crippen MR) is 105 cm³/mol. The zero-order valence-electron chi connectivity index (χ0n) is 15.8. The van der Waals surface area contributed by atoms with Crippen LogP contribution in [0.1, 0.15) is 22.7 Å². The molecule has 0 atom stereocenters. The van der Waals surface area contributed by atoms with Crippen LogP contribution in [0, 0.1) is 10.1 Å². The maximum Gasteiger partial charge on any atom is 0.286 e. The highest BCUT2D eigenvalue weighted by atomic mass is 35.5. The summed E-state index contributed by atoms with van der Waals surface area (Å²) in [5, 5.41) is 13.9. The van der Waals surface area contributed by atoms with Gasteiger partial charge in [-0.3, -0.25) is 19.8 Å². The van der Waals surface area contributed by atoms with E-state index in [-0.39, 0.29) is 34.7 Å². The highest BCUT2D eigenvalue weighted by Crippen LogP contribution is 2.29. The Morgan fingerprint density at radius 3 is 2.83 bits per heavy atom. The molecule has 2 aromatic rings. The second-order valence-electron chi connectivity index (χ2n) is 6.49. The fraction of sp³-hybridized carbons (Fsp3) is 0.421. The Bertz CT molecular complexity index is 850. The lowest BCUT2D eigenvalue weighted by molar-refractivity contribution is -0.384. The Balaban J connectivity index is 1.44. The summed E-state index contributed by atoms with van der Waals surface area (Å²) in [6.07, 6.45) is 0.841. The molecule has 10 heteroatoms. The summed E-state index contributed by atoms with van der Waals surface area (Å²) in [6.45, 7) is 4.80. The van der Waals surface area contributed by atoms with Crippen molar-refractivity contribution in [1.29, 1.82) is 0 Å². The molecule has 0 bridgehead atoms. The molecule has 9 nitrogen and oxygen atoms in total. The van der Waals surface area contributed by atoms with Gasteiger partial charge in [-0.1, -0.05) is 11.6 Å². The number of nitrogens with one attached hydrogen (secondary N) is 1. The van der Waals surface area contributed by atoms with Gasteiger partial charge >= 0.3 is 0 Å². The van der Waals surface area contributed by atoms with E-state index < -0.39 is 4.92 Å². The number of rotatable bonds is 9. The zero-order valence-corrected chi connectivity index (χ0v) is 16.5. The molecule has 0 unspecified atom stereocenters. The van der Waals surface area contributed by atoms with Crippen LogP contribution >= 0.6 is 11.6 Å². The maximum absolute atomic E-state index is 12.2. The van der Waals surface area contributed by atoms with E-state index in [2.05, 4.69) is 10.2 Å². The van der Waals surface area contributed by atoms with Gasteiger partial charge in [-0.15, -0.1) is 0 Å². The number of carbonyl (C=O) groups excluding carboxylic acids is 1. The van der Waals surface area contributed by atoms with Crippen LogP contribution in [0.4, 0.5) is 5.69 Å². The highest BCUT2D eigenvalue weighted by molar-refractivity contribution is 6.32. The summed E-state index contributed by atoms with van der Waals surface area (Å²) in [4.78, 5) is 24.8. The number of halogens is 1. The summed E-state index contributed by atoms with van der Waals surface area (Å²) >= 11 is 6.00. The van der Waals surface area contributed by atoms with Gasteiger partial charge in [0.1, 0.15) is 18.1 Å². The molecule has 1 saturated heterocycles. The number of nitro benzene ring substituents is 1. The molecule has 1 aromatic carbocycles. The van der Waals surface area contributed by atoms with Crippen LogP contribution in [-0.4, -0.2) is 55.1 Å². The number of benzene rings is 1. The first-order chi connectivity index (χ1) is 14.0. The average molecular weight is 424 g/mol. The van der Waals surface area contributed by atoms with Crippen LogP contribution in [0.25, 0.3) is 0 Å². The first-order valence-electron chi connectivity index (χ1n) is 9.26. The van der Waals surface area contributed by atoms with Crippen molar-refractivity contribution in [2.45, 2.75) is 13.0 Å². The predicted octanol–water partition coefficient (Wildman–Crippen LogP) is 2.87. The van der Waals surface area contributed by atoms with Crippen LogP contribution in [0.3, 0.4) is 0 Å². The maximum atomic E-state index is 12.2. The minimum atomic E-state index is -0.530. The lowest BCUT2D eigenvalue weighted by Crippen LogP contribution is -2.38. The molecule has 1 aromatic heterocycles. The van der Waals surface area contributed by atoms with Crippen molar-refractivity contribution in [3.8, 4) is 5.75 Å². The molecule has 29 heavy (non-hydrogen) atoms. The minimum absolute atomic E-state index is 0.00873. The number of carbonyl (C=O) groups is 1. The normalized spacial score (nSPS) is 14.5. The van der Waals surface area contributed by atoms with E-state index in [4.69, 9.17) is 25.5 Å². The SMILES string of the molecule is O=C(NCCCN1CCOCC1)c1ccc(COc2cc([N+](=O)[O-])ccc2Cl)o1. The molecule has 3 rings (SSSR count). The summed E-state index contributed by atoms with van der Waals surface area (Å²) in [7, 11) is 0. The number of nitrogens with zero attached hydrogens (tertiary/aromatic N) is 2. The molecule has 1 fully saturated rings. The molecule has 1 aliphatic heterocycles. The van der Waals surface area contributed by atoms with Crippen molar-refractivity contribution >= 4 is 23.2 Å². The van der Waals surface area contributed by atoms with Gasteiger partial charge in [-0.05, 0) is 31.2 Å². The third kappa shape index (κ3) is 6.18. The Morgan fingerprint density at radius 1 is 1.28 bits per heavy atom. The van der Waals surface area contributed by atoms with Crippen LogP contribution in [-0.2, 0) is 11.3 Å². The van der Waals surface area contributed by atoms with E-state index in [1.807, 2.05) is 0 Å². The number of furan rings is 1. The fourth-order valence-corrected chi connectivity index (χ4v) is 3.03. The van der Waals surface area contributed by atoms with Crippen LogP contribution in [0.2, 0.25) is 5.02 Å². The number of ether oxygens (including phenoxy) is 2. The van der Waals surface area contributed by atoms with E-state index in [0.717, 1.165) is 39.3 Å². The summed E-state index contributed by atoms with van der Waals surface area (Å²) in [5.74, 6) is 0.462. The monoisotopic (exact) mass is 423 g/mol. The van der Waals surface area contributed by atoms with E-state index in [9.17, 15) is 14.9 Å². The molecule has 1 amide bonds. The summed E-state index contributed by atoms with van der Waals surface area (Å²) < 4.78 is 16.3. The van der Waals surface area contributed by atoms with E-state index in [0.29, 0.717) is 12.3 Å². The van der Waals surface area contributed by atoms with E-state index in [1.54, 1.807) is 12.1 Å². The zero-order chi connectivity index (χ0) is 20.6. The second kappa shape index (κ2) is 10.2. The molecule has 2 heterocycles. The standard InChI is InChI=1S/C19H22ClN3O6/c20-16-4-2-14(23(25)26)12-18(16)28-13-15-3-5-17(29-15)19(24)21-6-1-7-22-8-10-27-11-9-22/h2-5,12H,1,6-11,13H2,(H,21,24). The van der Waals surface area contributed by atoms with Crippen LogP contribution in [0.5, 0.6) is 5.75 Å². The molecule has 1 N–H and O–H groups in total. The van der Waals surface area contributed by atoms with Gasteiger partial charge in [-0.25, -0.2) is 0 Å². The fourth-order valence-electron chi connectivity index (χ4n) is 2.86. The smallest absolute Gasteiger partial charge is 0.286 e. The number of non-ortho nitro benzene ring substituents is 1. The minimum Gasteiger partial charge on any atom is -0.484 e. The van der Waals surface area contributed by atoms with Crippen molar-refractivity contribution in [1.82, 2.24) is 10.2 Å². The first kappa shape index (κ1) is 21.1. The third-order valence-electron chi connectivity index (χ3n) is 4.42. The number of amides is 1. The van der Waals surface area contributed by atoms with Crippen molar-refractivity contribution in [2.24, 2.45) is 0 Å². The van der Waals surface area contributed by atoms with Gasteiger partial charge in [0.05, 0.1) is 29.2 Å². The molecule has 0 spiro atoms.